The van der Waals surface area contributed by atoms with Crippen LogP contribution in [-0.4, -0.2) is 19.0 Å². The Labute approximate surface area is 170 Å². The number of hydrogen-bond acceptors (Lipinski definition) is 3. The summed E-state index contributed by atoms with van der Waals surface area (Å²) in [7, 11) is 1.36. The largest absolute Gasteiger partial charge is 0.416 e. The molecule has 0 saturated heterocycles. The van der Waals surface area contributed by atoms with Crippen LogP contribution >= 0.6 is 15.9 Å². The summed E-state index contributed by atoms with van der Waals surface area (Å²) in [5.41, 5.74) is 0.218. The predicted octanol–water partition coefficient (Wildman–Crippen LogP) is 5.68. The van der Waals surface area contributed by atoms with Crippen molar-refractivity contribution in [1.29, 1.82) is 5.26 Å². The number of hydrogen-bond donors (Lipinski definition) is 0. The average Bonchev–Trinajstić information content (AvgIpc) is 2.66. The first-order chi connectivity index (χ1) is 13.3. The molecule has 0 aromatic heterocycles. The lowest BCUT2D eigenvalue weighted by Gasteiger charge is -2.18. The van der Waals surface area contributed by atoms with E-state index in [1.54, 1.807) is 0 Å². The number of halogens is 4. The van der Waals surface area contributed by atoms with Crippen molar-refractivity contribution in [2.75, 3.05) is 7.11 Å². The lowest BCUT2D eigenvalue weighted by Crippen LogP contribution is -2.28. The van der Waals surface area contributed by atoms with E-state index in [4.69, 9.17) is 4.74 Å². The number of alkyl halides is 3. The fourth-order valence-corrected chi connectivity index (χ4v) is 3.42. The first kappa shape index (κ1) is 22.1. The SMILES string of the molecule is COC(CCCc1ccccc1Br)C(=O)C(C#N)c1cccc(C(F)(F)F)c1. The fourth-order valence-electron chi connectivity index (χ4n) is 2.94. The van der Waals surface area contributed by atoms with Crippen LogP contribution in [0.4, 0.5) is 13.2 Å². The molecule has 0 fully saturated rings. The Morgan fingerprint density at radius 1 is 1.21 bits per heavy atom. The zero-order valence-electron chi connectivity index (χ0n) is 15.2. The normalized spacial score (nSPS) is 13.6. The van der Waals surface area contributed by atoms with E-state index in [2.05, 4.69) is 15.9 Å². The number of nitriles is 1. The van der Waals surface area contributed by atoms with Crippen LogP contribution in [0.3, 0.4) is 0 Å². The van der Waals surface area contributed by atoms with Gasteiger partial charge in [0.2, 0.25) is 0 Å². The van der Waals surface area contributed by atoms with Crippen LogP contribution in [0.1, 0.15) is 35.4 Å². The predicted molar refractivity (Wildman–Crippen MR) is 103 cm³/mol. The van der Waals surface area contributed by atoms with Gasteiger partial charge in [-0.05, 0) is 42.5 Å². The third-order valence-corrected chi connectivity index (χ3v) is 5.21. The number of nitrogens with zero attached hydrogens (tertiary/aromatic N) is 1. The van der Waals surface area contributed by atoms with Crippen LogP contribution < -0.4 is 0 Å². The van der Waals surface area contributed by atoms with Crippen LogP contribution in [0, 0.1) is 11.3 Å². The zero-order valence-corrected chi connectivity index (χ0v) is 16.8. The molecule has 2 rings (SSSR count). The molecule has 2 atom stereocenters. The number of carbonyl (C=O) groups excluding carboxylic acids is 1. The molecule has 2 aromatic rings. The van der Waals surface area contributed by atoms with Crippen molar-refractivity contribution < 1.29 is 22.7 Å². The quantitative estimate of drug-likeness (QED) is 0.516. The first-order valence-electron chi connectivity index (χ1n) is 8.64. The van der Waals surface area contributed by atoms with E-state index in [1.807, 2.05) is 30.3 Å². The van der Waals surface area contributed by atoms with Gasteiger partial charge in [0.15, 0.2) is 5.78 Å². The molecule has 0 N–H and O–H groups in total. The Morgan fingerprint density at radius 3 is 2.54 bits per heavy atom. The molecule has 0 spiro atoms. The highest BCUT2D eigenvalue weighted by atomic mass is 79.9. The molecule has 0 radical (unpaired) electrons. The maximum absolute atomic E-state index is 12.9. The van der Waals surface area contributed by atoms with Crippen molar-refractivity contribution in [3.05, 3.63) is 69.7 Å². The van der Waals surface area contributed by atoms with Crippen LogP contribution in [0.25, 0.3) is 0 Å². The van der Waals surface area contributed by atoms with E-state index in [0.29, 0.717) is 19.3 Å². The number of ether oxygens (including phenoxy) is 1. The van der Waals surface area contributed by atoms with Gasteiger partial charge in [-0.1, -0.05) is 52.3 Å². The molecular weight excluding hydrogens is 435 g/mol. The van der Waals surface area contributed by atoms with E-state index in [1.165, 1.54) is 19.2 Å². The number of ketones is 1. The highest BCUT2D eigenvalue weighted by molar-refractivity contribution is 9.10. The van der Waals surface area contributed by atoms with Crippen molar-refractivity contribution in [2.24, 2.45) is 0 Å². The topological polar surface area (TPSA) is 50.1 Å². The number of aryl methyl sites for hydroxylation is 1. The van der Waals surface area contributed by atoms with Crippen molar-refractivity contribution in [2.45, 2.75) is 37.5 Å². The number of carbonyl (C=O) groups is 1. The maximum atomic E-state index is 12.9. The summed E-state index contributed by atoms with van der Waals surface area (Å²) in [4.78, 5) is 12.7. The Kier molecular flexibility index (Phi) is 7.78. The summed E-state index contributed by atoms with van der Waals surface area (Å²) in [5, 5.41) is 9.41. The lowest BCUT2D eigenvalue weighted by molar-refractivity contribution is -0.137. The van der Waals surface area contributed by atoms with Crippen molar-refractivity contribution in [1.82, 2.24) is 0 Å². The van der Waals surface area contributed by atoms with E-state index >= 15 is 0 Å². The van der Waals surface area contributed by atoms with E-state index in [-0.39, 0.29) is 5.56 Å². The molecule has 2 unspecified atom stereocenters. The van der Waals surface area contributed by atoms with Gasteiger partial charge < -0.3 is 4.74 Å². The highest BCUT2D eigenvalue weighted by Gasteiger charge is 2.33. The van der Waals surface area contributed by atoms with Crippen LogP contribution in [0.2, 0.25) is 0 Å². The summed E-state index contributed by atoms with van der Waals surface area (Å²) in [6.45, 7) is 0. The molecule has 0 aliphatic carbocycles. The van der Waals surface area contributed by atoms with Crippen LogP contribution in [-0.2, 0) is 22.1 Å². The minimum absolute atomic E-state index is 0.0233. The molecule has 3 nitrogen and oxygen atoms in total. The van der Waals surface area contributed by atoms with E-state index in [9.17, 15) is 23.2 Å². The molecular formula is C21H19BrF3NO2. The molecule has 0 heterocycles. The zero-order chi connectivity index (χ0) is 20.7. The summed E-state index contributed by atoms with van der Waals surface area (Å²) < 4.78 is 45.0. The summed E-state index contributed by atoms with van der Waals surface area (Å²) >= 11 is 3.46. The molecule has 0 aliphatic rings. The smallest absolute Gasteiger partial charge is 0.374 e. The summed E-state index contributed by atoms with van der Waals surface area (Å²) in [5.74, 6) is -1.84. The Hall–Kier alpha value is -2.17. The number of Topliss-reactive ketones (excluding diaryl/α,β-unsaturated/α-hetero) is 1. The molecule has 0 saturated carbocycles. The number of benzene rings is 2. The van der Waals surface area contributed by atoms with Crippen LogP contribution in [0.15, 0.2) is 53.0 Å². The van der Waals surface area contributed by atoms with Crippen molar-refractivity contribution in [3.63, 3.8) is 0 Å². The minimum atomic E-state index is -4.54. The molecule has 0 bridgehead atoms. The third-order valence-electron chi connectivity index (χ3n) is 4.43. The average molecular weight is 454 g/mol. The van der Waals surface area contributed by atoms with Gasteiger partial charge in [-0.15, -0.1) is 0 Å². The molecule has 0 aliphatic heterocycles. The second-order valence-electron chi connectivity index (χ2n) is 6.30. The second-order valence-corrected chi connectivity index (χ2v) is 7.15. The van der Waals surface area contributed by atoms with Gasteiger partial charge in [0.1, 0.15) is 12.0 Å². The monoisotopic (exact) mass is 453 g/mol. The Morgan fingerprint density at radius 2 is 1.93 bits per heavy atom. The molecule has 7 heteroatoms. The maximum Gasteiger partial charge on any atom is 0.416 e. The van der Waals surface area contributed by atoms with Gasteiger partial charge in [-0.25, -0.2) is 0 Å². The van der Waals surface area contributed by atoms with Crippen molar-refractivity contribution in [3.8, 4) is 6.07 Å². The van der Waals surface area contributed by atoms with E-state index in [0.717, 1.165) is 22.2 Å². The van der Waals surface area contributed by atoms with Gasteiger partial charge in [0.05, 0.1) is 11.6 Å². The third kappa shape index (κ3) is 5.66. The second kappa shape index (κ2) is 9.85. The molecule has 28 heavy (non-hydrogen) atoms. The first-order valence-corrected chi connectivity index (χ1v) is 9.44. The minimum Gasteiger partial charge on any atom is -0.374 e. The van der Waals surface area contributed by atoms with Gasteiger partial charge in [-0.2, -0.15) is 18.4 Å². The van der Waals surface area contributed by atoms with Gasteiger partial charge in [0, 0.05) is 11.6 Å². The Balaban J connectivity index is 2.10. The van der Waals surface area contributed by atoms with Gasteiger partial charge >= 0.3 is 6.18 Å². The molecule has 2 aromatic carbocycles. The van der Waals surface area contributed by atoms with Gasteiger partial charge in [0.25, 0.3) is 0 Å². The molecule has 148 valence electrons. The van der Waals surface area contributed by atoms with Gasteiger partial charge in [-0.3, -0.25) is 4.79 Å². The highest BCUT2D eigenvalue weighted by Crippen LogP contribution is 2.32. The molecule has 0 amide bonds. The van der Waals surface area contributed by atoms with Crippen molar-refractivity contribution >= 4 is 21.7 Å². The fraction of sp³-hybridized carbons (Fsp3) is 0.333. The lowest BCUT2D eigenvalue weighted by atomic mass is 9.90. The summed E-state index contributed by atoms with van der Waals surface area (Å²) in [6, 6.07) is 13.8. The standard InChI is InChI=1S/C21H19BrF3NO2/c1-28-19(11-5-7-14-6-2-3-10-18(14)22)20(27)17(13-26)15-8-4-9-16(12-15)21(23,24)25/h2-4,6,8-10,12,17,19H,5,7,11H2,1H3. The summed E-state index contributed by atoms with van der Waals surface area (Å²) in [6.07, 6.45) is -3.69. The van der Waals surface area contributed by atoms with E-state index < -0.39 is 29.5 Å². The Bertz CT molecular complexity index is 861. The number of rotatable bonds is 8. The number of methoxy groups -OCH3 is 1. The van der Waals surface area contributed by atoms with Crippen LogP contribution in [0.5, 0.6) is 0 Å².